The van der Waals surface area contributed by atoms with E-state index in [2.05, 4.69) is 0 Å². The smallest absolute Gasteiger partial charge is 0.331 e. The number of esters is 1. The predicted molar refractivity (Wildman–Crippen MR) is 111 cm³/mol. The quantitative estimate of drug-likeness (QED) is 0.779. The SMILES string of the molecule is Cc1cccc(C)c1N1CC(C(=O)OCCO)N(c2c(C)cccc2C)C1=N. The van der Waals surface area contributed by atoms with Crippen molar-refractivity contribution in [2.45, 2.75) is 33.7 Å². The third-order valence-electron chi connectivity index (χ3n) is 5.15. The molecular formula is C22H27N3O3. The van der Waals surface area contributed by atoms with Crippen LogP contribution in [0.15, 0.2) is 36.4 Å². The highest BCUT2D eigenvalue weighted by atomic mass is 16.5. The van der Waals surface area contributed by atoms with Crippen LogP contribution >= 0.6 is 0 Å². The molecule has 1 saturated heterocycles. The summed E-state index contributed by atoms with van der Waals surface area (Å²) < 4.78 is 5.25. The summed E-state index contributed by atoms with van der Waals surface area (Å²) in [6.07, 6.45) is 0. The number of aliphatic hydroxyl groups excluding tert-OH is 1. The van der Waals surface area contributed by atoms with Gasteiger partial charge in [-0.15, -0.1) is 0 Å². The molecule has 0 amide bonds. The van der Waals surface area contributed by atoms with Crippen molar-refractivity contribution in [3.63, 3.8) is 0 Å². The Kier molecular flexibility index (Phi) is 5.70. The maximum Gasteiger partial charge on any atom is 0.331 e. The lowest BCUT2D eigenvalue weighted by Crippen LogP contribution is -2.42. The van der Waals surface area contributed by atoms with Crippen LogP contribution in [0.4, 0.5) is 11.4 Å². The molecule has 3 rings (SSSR count). The Bertz CT molecular complexity index is 869. The average molecular weight is 381 g/mol. The summed E-state index contributed by atoms with van der Waals surface area (Å²) in [5.41, 5.74) is 5.89. The molecule has 0 aromatic heterocycles. The van der Waals surface area contributed by atoms with E-state index in [1.54, 1.807) is 4.90 Å². The number of aliphatic hydroxyl groups is 1. The summed E-state index contributed by atoms with van der Waals surface area (Å²) in [6, 6.07) is 11.3. The number of guanidine groups is 1. The Hall–Kier alpha value is -2.86. The molecule has 6 heteroatoms. The van der Waals surface area contributed by atoms with Crippen molar-refractivity contribution in [1.82, 2.24) is 0 Å². The second kappa shape index (κ2) is 8.02. The zero-order valence-corrected chi connectivity index (χ0v) is 16.8. The third kappa shape index (κ3) is 3.47. The molecule has 28 heavy (non-hydrogen) atoms. The van der Waals surface area contributed by atoms with Crippen molar-refractivity contribution >= 4 is 23.3 Å². The van der Waals surface area contributed by atoms with E-state index >= 15 is 0 Å². The number of rotatable bonds is 5. The molecule has 1 heterocycles. The third-order valence-corrected chi connectivity index (χ3v) is 5.15. The lowest BCUT2D eigenvalue weighted by Gasteiger charge is -2.28. The molecule has 0 radical (unpaired) electrons. The number of anilines is 2. The minimum absolute atomic E-state index is 0.0490. The molecule has 2 aromatic carbocycles. The van der Waals surface area contributed by atoms with Gasteiger partial charge >= 0.3 is 5.97 Å². The van der Waals surface area contributed by atoms with Crippen molar-refractivity contribution in [3.8, 4) is 0 Å². The number of carbonyl (C=O) groups excluding carboxylic acids is 1. The van der Waals surface area contributed by atoms with E-state index in [9.17, 15) is 4.79 Å². The summed E-state index contributed by atoms with van der Waals surface area (Å²) in [5, 5.41) is 18.0. The number of nitrogens with one attached hydrogen (secondary N) is 1. The summed E-state index contributed by atoms with van der Waals surface area (Å²) in [6.45, 7) is 8.03. The topological polar surface area (TPSA) is 76.9 Å². The number of hydrogen-bond donors (Lipinski definition) is 2. The molecule has 6 nitrogen and oxygen atoms in total. The first-order valence-corrected chi connectivity index (χ1v) is 9.42. The van der Waals surface area contributed by atoms with Crippen molar-refractivity contribution in [3.05, 3.63) is 58.7 Å². The molecule has 2 N–H and O–H groups in total. The molecule has 1 aliphatic heterocycles. The largest absolute Gasteiger partial charge is 0.462 e. The van der Waals surface area contributed by atoms with Crippen LogP contribution in [-0.2, 0) is 9.53 Å². The van der Waals surface area contributed by atoms with Crippen LogP contribution in [0.3, 0.4) is 0 Å². The number of carbonyl (C=O) groups is 1. The molecule has 148 valence electrons. The summed E-state index contributed by atoms with van der Waals surface area (Å²) in [4.78, 5) is 16.4. The van der Waals surface area contributed by atoms with E-state index in [4.69, 9.17) is 15.3 Å². The first-order chi connectivity index (χ1) is 13.4. The van der Waals surface area contributed by atoms with Gasteiger partial charge in [-0.2, -0.15) is 0 Å². The lowest BCUT2D eigenvalue weighted by atomic mass is 10.1. The first kappa shape index (κ1) is 19.9. The van der Waals surface area contributed by atoms with Gasteiger partial charge in [0.15, 0.2) is 6.04 Å². The Morgan fingerprint density at radius 2 is 1.54 bits per heavy atom. The normalized spacial score (nSPS) is 16.6. The van der Waals surface area contributed by atoms with Crippen LogP contribution in [0.5, 0.6) is 0 Å². The zero-order valence-electron chi connectivity index (χ0n) is 16.8. The highest BCUT2D eigenvalue weighted by molar-refractivity contribution is 6.13. The van der Waals surface area contributed by atoms with Crippen LogP contribution < -0.4 is 9.80 Å². The number of aryl methyl sites for hydroxylation is 4. The van der Waals surface area contributed by atoms with Gasteiger partial charge in [0.2, 0.25) is 5.96 Å². The van der Waals surface area contributed by atoms with E-state index in [1.165, 1.54) is 0 Å². The second-order valence-electron chi connectivity index (χ2n) is 7.19. The Labute approximate surface area is 165 Å². The standard InChI is InChI=1S/C22H27N3O3/c1-14-7-5-8-15(2)19(14)24-13-18(21(27)28-12-11-26)25(22(24)23)20-16(3)9-6-10-17(20)4/h5-10,18,23,26H,11-13H2,1-4H3. The Morgan fingerprint density at radius 3 is 2.04 bits per heavy atom. The number of hydrogen-bond acceptors (Lipinski definition) is 4. The van der Waals surface area contributed by atoms with Gasteiger partial charge in [-0.05, 0) is 49.9 Å². The molecule has 2 aromatic rings. The van der Waals surface area contributed by atoms with Crippen LogP contribution in [0.1, 0.15) is 22.3 Å². The highest BCUT2D eigenvalue weighted by Gasteiger charge is 2.43. The van der Waals surface area contributed by atoms with Gasteiger partial charge in [0.1, 0.15) is 6.61 Å². The molecule has 0 bridgehead atoms. The van der Waals surface area contributed by atoms with Gasteiger partial charge in [0.05, 0.1) is 18.8 Å². The van der Waals surface area contributed by atoms with E-state index in [1.807, 2.05) is 69.0 Å². The van der Waals surface area contributed by atoms with Gasteiger partial charge in [-0.3, -0.25) is 10.3 Å². The molecule has 1 atom stereocenters. The molecule has 0 aliphatic carbocycles. The Morgan fingerprint density at radius 1 is 1.04 bits per heavy atom. The van der Waals surface area contributed by atoms with E-state index in [0.29, 0.717) is 6.54 Å². The summed E-state index contributed by atoms with van der Waals surface area (Å²) >= 11 is 0. The summed E-state index contributed by atoms with van der Waals surface area (Å²) in [7, 11) is 0. The van der Waals surface area contributed by atoms with E-state index in [0.717, 1.165) is 33.6 Å². The minimum atomic E-state index is -0.655. The highest BCUT2D eigenvalue weighted by Crippen LogP contribution is 2.35. The Balaban J connectivity index is 2.09. The molecule has 0 saturated carbocycles. The fourth-order valence-electron chi connectivity index (χ4n) is 3.92. The van der Waals surface area contributed by atoms with E-state index < -0.39 is 12.0 Å². The summed E-state index contributed by atoms with van der Waals surface area (Å²) in [5.74, 6) is -0.184. The van der Waals surface area contributed by atoms with Crippen molar-refractivity contribution in [2.75, 3.05) is 29.6 Å². The molecule has 0 spiro atoms. The fraction of sp³-hybridized carbons (Fsp3) is 0.364. The molecular weight excluding hydrogens is 354 g/mol. The zero-order chi connectivity index (χ0) is 20.4. The van der Waals surface area contributed by atoms with Crippen LogP contribution in [0.25, 0.3) is 0 Å². The van der Waals surface area contributed by atoms with Gasteiger partial charge < -0.3 is 14.7 Å². The fourth-order valence-corrected chi connectivity index (χ4v) is 3.92. The van der Waals surface area contributed by atoms with Gasteiger partial charge in [-0.1, -0.05) is 36.4 Å². The predicted octanol–water partition coefficient (Wildman–Crippen LogP) is 3.09. The maximum absolute atomic E-state index is 12.8. The van der Waals surface area contributed by atoms with Crippen LogP contribution in [0.2, 0.25) is 0 Å². The molecule has 1 fully saturated rings. The minimum Gasteiger partial charge on any atom is -0.462 e. The molecule has 1 unspecified atom stereocenters. The molecule has 1 aliphatic rings. The maximum atomic E-state index is 12.8. The van der Waals surface area contributed by atoms with Crippen LogP contribution in [0, 0.1) is 33.1 Å². The monoisotopic (exact) mass is 381 g/mol. The van der Waals surface area contributed by atoms with Crippen molar-refractivity contribution in [2.24, 2.45) is 0 Å². The van der Waals surface area contributed by atoms with Crippen molar-refractivity contribution < 1.29 is 14.6 Å². The van der Waals surface area contributed by atoms with Crippen LogP contribution in [-0.4, -0.2) is 42.8 Å². The average Bonchev–Trinajstić information content (AvgIpc) is 2.97. The number of nitrogens with zero attached hydrogens (tertiary/aromatic N) is 2. The van der Waals surface area contributed by atoms with Gasteiger partial charge in [-0.25, -0.2) is 4.79 Å². The number of para-hydroxylation sites is 2. The van der Waals surface area contributed by atoms with Gasteiger partial charge in [0.25, 0.3) is 0 Å². The second-order valence-corrected chi connectivity index (χ2v) is 7.19. The lowest BCUT2D eigenvalue weighted by molar-refractivity contribution is -0.145. The number of ether oxygens (including phenoxy) is 1. The number of benzene rings is 2. The van der Waals surface area contributed by atoms with Gasteiger partial charge in [0, 0.05) is 5.69 Å². The van der Waals surface area contributed by atoms with Crippen molar-refractivity contribution in [1.29, 1.82) is 5.41 Å². The van der Waals surface area contributed by atoms with E-state index in [-0.39, 0.29) is 19.2 Å². The first-order valence-electron chi connectivity index (χ1n) is 9.42.